The van der Waals surface area contributed by atoms with Crippen LogP contribution in [0, 0.1) is 6.92 Å². The summed E-state index contributed by atoms with van der Waals surface area (Å²) in [5, 5.41) is 6.19. The summed E-state index contributed by atoms with van der Waals surface area (Å²) in [7, 11) is 3.22. The van der Waals surface area contributed by atoms with Crippen LogP contribution in [0.4, 0.5) is 5.69 Å². The largest absolute Gasteiger partial charge is 0.493 e. The van der Waals surface area contributed by atoms with Crippen LogP contribution in [0.25, 0.3) is 0 Å². The van der Waals surface area contributed by atoms with E-state index in [1.54, 1.807) is 26.5 Å². The van der Waals surface area contributed by atoms with Crippen molar-refractivity contribution in [3.8, 4) is 11.5 Å². The molecule has 0 bridgehead atoms. The maximum atomic E-state index is 12.3. The lowest BCUT2D eigenvalue weighted by Crippen LogP contribution is -2.23. The third kappa shape index (κ3) is 5.48. The van der Waals surface area contributed by atoms with E-state index in [9.17, 15) is 4.79 Å². The van der Waals surface area contributed by atoms with Gasteiger partial charge in [0, 0.05) is 13.1 Å². The number of ether oxygens (including phenoxy) is 2. The van der Waals surface area contributed by atoms with Gasteiger partial charge in [-0.25, -0.2) is 4.98 Å². The van der Waals surface area contributed by atoms with E-state index in [4.69, 9.17) is 9.47 Å². The van der Waals surface area contributed by atoms with E-state index in [0.29, 0.717) is 30.3 Å². The van der Waals surface area contributed by atoms with E-state index in [1.165, 1.54) is 5.56 Å². The molecule has 1 heterocycles. The third-order valence-corrected chi connectivity index (χ3v) is 4.48. The van der Waals surface area contributed by atoms with E-state index < -0.39 is 0 Å². The standard InChI is InChI=1S/C23H25N3O3/c1-16-5-4-6-17(11-16)14-26-23(27)20-9-8-19(15-25-20)24-13-18-7-10-21(28-2)22(12-18)29-3/h4-12,15,24H,13-14H2,1-3H3,(H,26,27). The zero-order chi connectivity index (χ0) is 20.6. The molecule has 6 nitrogen and oxygen atoms in total. The molecule has 3 aromatic rings. The lowest BCUT2D eigenvalue weighted by molar-refractivity contribution is 0.0946. The fourth-order valence-electron chi connectivity index (χ4n) is 2.92. The van der Waals surface area contributed by atoms with Gasteiger partial charge in [0.15, 0.2) is 11.5 Å². The molecular formula is C23H25N3O3. The summed E-state index contributed by atoms with van der Waals surface area (Å²) in [6.45, 7) is 3.10. The van der Waals surface area contributed by atoms with E-state index >= 15 is 0 Å². The lowest BCUT2D eigenvalue weighted by atomic mass is 10.1. The molecule has 0 saturated carbocycles. The van der Waals surface area contributed by atoms with Gasteiger partial charge in [-0.2, -0.15) is 0 Å². The van der Waals surface area contributed by atoms with E-state index in [-0.39, 0.29) is 5.91 Å². The van der Waals surface area contributed by atoms with E-state index in [2.05, 4.69) is 21.7 Å². The smallest absolute Gasteiger partial charge is 0.270 e. The normalized spacial score (nSPS) is 10.3. The van der Waals surface area contributed by atoms with Crippen LogP contribution in [-0.2, 0) is 13.1 Å². The van der Waals surface area contributed by atoms with Crippen LogP contribution in [-0.4, -0.2) is 25.1 Å². The molecule has 0 unspecified atom stereocenters. The van der Waals surface area contributed by atoms with Gasteiger partial charge in [-0.15, -0.1) is 0 Å². The maximum absolute atomic E-state index is 12.3. The summed E-state index contributed by atoms with van der Waals surface area (Å²) in [5.41, 5.74) is 4.48. The van der Waals surface area contributed by atoms with Gasteiger partial charge in [0.25, 0.3) is 5.91 Å². The second-order valence-corrected chi connectivity index (χ2v) is 6.65. The number of hydrogen-bond donors (Lipinski definition) is 2. The van der Waals surface area contributed by atoms with Gasteiger partial charge in [0.1, 0.15) is 5.69 Å². The molecule has 0 atom stereocenters. The van der Waals surface area contributed by atoms with E-state index in [1.807, 2.05) is 49.4 Å². The minimum absolute atomic E-state index is 0.196. The average Bonchev–Trinajstić information content (AvgIpc) is 2.76. The van der Waals surface area contributed by atoms with E-state index in [0.717, 1.165) is 16.8 Å². The molecule has 0 radical (unpaired) electrons. The Morgan fingerprint density at radius 1 is 0.931 bits per heavy atom. The average molecular weight is 391 g/mol. The Balaban J connectivity index is 1.55. The van der Waals surface area contributed by atoms with Crippen LogP contribution in [0.1, 0.15) is 27.2 Å². The highest BCUT2D eigenvalue weighted by Gasteiger charge is 2.08. The van der Waals surface area contributed by atoms with Gasteiger partial charge in [-0.05, 0) is 42.3 Å². The number of methoxy groups -OCH3 is 2. The van der Waals surface area contributed by atoms with Crippen molar-refractivity contribution in [1.29, 1.82) is 0 Å². The number of benzene rings is 2. The number of aryl methyl sites for hydroxylation is 1. The highest BCUT2D eigenvalue weighted by molar-refractivity contribution is 5.92. The van der Waals surface area contributed by atoms with Crippen molar-refractivity contribution >= 4 is 11.6 Å². The Bertz CT molecular complexity index is 971. The van der Waals surface area contributed by atoms with Crippen molar-refractivity contribution in [3.05, 3.63) is 83.2 Å². The Morgan fingerprint density at radius 2 is 1.72 bits per heavy atom. The first-order valence-corrected chi connectivity index (χ1v) is 9.33. The van der Waals surface area contributed by atoms with Crippen molar-refractivity contribution in [3.63, 3.8) is 0 Å². The summed E-state index contributed by atoms with van der Waals surface area (Å²) in [6, 6.07) is 17.4. The minimum Gasteiger partial charge on any atom is -0.493 e. The van der Waals surface area contributed by atoms with Crippen molar-refractivity contribution in [2.75, 3.05) is 19.5 Å². The van der Waals surface area contributed by atoms with Crippen LogP contribution in [0.2, 0.25) is 0 Å². The number of hydrogen-bond acceptors (Lipinski definition) is 5. The van der Waals surface area contributed by atoms with Crippen LogP contribution in [0.15, 0.2) is 60.8 Å². The third-order valence-electron chi connectivity index (χ3n) is 4.48. The molecule has 1 amide bonds. The topological polar surface area (TPSA) is 72.5 Å². The molecule has 0 spiro atoms. The predicted octanol–water partition coefficient (Wildman–Crippen LogP) is 3.95. The first kappa shape index (κ1) is 20.2. The molecule has 150 valence electrons. The number of carbonyl (C=O) groups excluding carboxylic acids is 1. The van der Waals surface area contributed by atoms with Gasteiger partial charge in [-0.1, -0.05) is 35.9 Å². The molecule has 0 aliphatic heterocycles. The number of rotatable bonds is 8. The molecule has 0 aliphatic carbocycles. The number of amides is 1. The zero-order valence-electron chi connectivity index (χ0n) is 16.9. The predicted molar refractivity (Wildman–Crippen MR) is 113 cm³/mol. The number of nitrogens with zero attached hydrogens (tertiary/aromatic N) is 1. The molecule has 1 aromatic heterocycles. The van der Waals surface area contributed by atoms with Crippen LogP contribution in [0.3, 0.4) is 0 Å². The summed E-state index contributed by atoms with van der Waals surface area (Å²) in [6.07, 6.45) is 1.66. The van der Waals surface area contributed by atoms with Crippen molar-refractivity contribution < 1.29 is 14.3 Å². The van der Waals surface area contributed by atoms with Crippen LogP contribution >= 0.6 is 0 Å². The Kier molecular flexibility index (Phi) is 6.68. The molecular weight excluding hydrogens is 366 g/mol. The molecule has 29 heavy (non-hydrogen) atoms. The second kappa shape index (κ2) is 9.59. The van der Waals surface area contributed by atoms with Crippen molar-refractivity contribution in [2.45, 2.75) is 20.0 Å². The summed E-state index contributed by atoms with van der Waals surface area (Å²) < 4.78 is 10.6. The Labute approximate surface area is 170 Å². The fourth-order valence-corrected chi connectivity index (χ4v) is 2.92. The summed E-state index contributed by atoms with van der Waals surface area (Å²) in [5.74, 6) is 1.18. The number of nitrogens with one attached hydrogen (secondary N) is 2. The first-order valence-electron chi connectivity index (χ1n) is 9.33. The number of aromatic nitrogens is 1. The molecule has 3 rings (SSSR count). The van der Waals surface area contributed by atoms with Gasteiger partial charge in [0.05, 0.1) is 26.1 Å². The Morgan fingerprint density at radius 3 is 2.41 bits per heavy atom. The number of anilines is 1. The molecule has 2 aromatic carbocycles. The Hall–Kier alpha value is -3.54. The highest BCUT2D eigenvalue weighted by Crippen LogP contribution is 2.27. The minimum atomic E-state index is -0.196. The number of carbonyl (C=O) groups is 1. The second-order valence-electron chi connectivity index (χ2n) is 6.65. The molecule has 6 heteroatoms. The van der Waals surface area contributed by atoms with Crippen molar-refractivity contribution in [2.24, 2.45) is 0 Å². The van der Waals surface area contributed by atoms with Gasteiger partial charge < -0.3 is 20.1 Å². The SMILES string of the molecule is COc1ccc(CNc2ccc(C(=O)NCc3cccc(C)c3)nc2)cc1OC. The first-order chi connectivity index (χ1) is 14.1. The lowest BCUT2D eigenvalue weighted by Gasteiger charge is -2.11. The van der Waals surface area contributed by atoms with Crippen LogP contribution in [0.5, 0.6) is 11.5 Å². The quantitative estimate of drug-likeness (QED) is 0.608. The molecule has 0 fully saturated rings. The summed E-state index contributed by atoms with van der Waals surface area (Å²) in [4.78, 5) is 16.6. The van der Waals surface area contributed by atoms with Gasteiger partial charge >= 0.3 is 0 Å². The molecule has 0 aliphatic rings. The number of pyridine rings is 1. The van der Waals surface area contributed by atoms with Gasteiger partial charge in [0.2, 0.25) is 0 Å². The molecule has 2 N–H and O–H groups in total. The van der Waals surface area contributed by atoms with Crippen molar-refractivity contribution in [1.82, 2.24) is 10.3 Å². The highest BCUT2D eigenvalue weighted by atomic mass is 16.5. The fraction of sp³-hybridized carbons (Fsp3) is 0.217. The monoisotopic (exact) mass is 391 g/mol. The zero-order valence-corrected chi connectivity index (χ0v) is 16.9. The van der Waals surface area contributed by atoms with Crippen LogP contribution < -0.4 is 20.1 Å². The summed E-state index contributed by atoms with van der Waals surface area (Å²) >= 11 is 0. The molecule has 0 saturated heterocycles. The maximum Gasteiger partial charge on any atom is 0.270 e. The van der Waals surface area contributed by atoms with Gasteiger partial charge in [-0.3, -0.25) is 4.79 Å².